The summed E-state index contributed by atoms with van der Waals surface area (Å²) in [4.78, 5) is 37.6. The van der Waals surface area contributed by atoms with Crippen LogP contribution in [-0.4, -0.2) is 49.0 Å². The molecule has 3 aromatic heterocycles. The summed E-state index contributed by atoms with van der Waals surface area (Å²) in [6.45, 7) is 5.88. The molecule has 10 nitrogen and oxygen atoms in total. The third-order valence-corrected chi connectivity index (χ3v) is 6.04. The quantitative estimate of drug-likeness (QED) is 0.469. The Bertz CT molecular complexity index is 1180. The lowest BCUT2D eigenvalue weighted by Gasteiger charge is -2.30. The number of hydrogen-bond donors (Lipinski definition) is 3. The zero-order valence-electron chi connectivity index (χ0n) is 20.0. The van der Waals surface area contributed by atoms with Crippen molar-refractivity contribution in [2.45, 2.75) is 70.7 Å². The first-order chi connectivity index (χ1) is 16.7. The average Bonchev–Trinajstić information content (AvgIpc) is 3.13. The molecule has 0 aromatic carbocycles. The molecule has 0 atom stereocenters. The second-order valence-corrected chi connectivity index (χ2v) is 9.94. The monoisotopic (exact) mass is 499 g/mol. The highest BCUT2D eigenvalue weighted by Crippen LogP contribution is 2.21. The van der Waals surface area contributed by atoms with Crippen LogP contribution in [0.4, 0.5) is 10.6 Å². The highest BCUT2D eigenvalue weighted by molar-refractivity contribution is 6.30. The number of anilines is 1. The number of halogens is 1. The topological polar surface area (TPSA) is 123 Å². The van der Waals surface area contributed by atoms with Crippen LogP contribution in [0.25, 0.3) is 5.65 Å². The molecule has 1 aliphatic rings. The van der Waals surface area contributed by atoms with Crippen molar-refractivity contribution in [2.75, 3.05) is 5.32 Å². The van der Waals surface area contributed by atoms with Crippen LogP contribution in [-0.2, 0) is 11.3 Å². The number of nitrogens with zero attached hydrogens (tertiary/aromatic N) is 4. The lowest BCUT2D eigenvalue weighted by molar-refractivity contribution is 0.0488. The Hall–Kier alpha value is -3.40. The number of carbonyl (C=O) groups is 2. The molecule has 2 amide bonds. The van der Waals surface area contributed by atoms with Crippen LogP contribution in [0.1, 0.15) is 62.6 Å². The van der Waals surface area contributed by atoms with E-state index in [1.165, 1.54) is 12.4 Å². The third kappa shape index (κ3) is 6.60. The minimum atomic E-state index is -0.525. The predicted molar refractivity (Wildman–Crippen MR) is 132 cm³/mol. The van der Waals surface area contributed by atoms with Gasteiger partial charge in [-0.05, 0) is 58.6 Å². The van der Waals surface area contributed by atoms with Gasteiger partial charge in [0.1, 0.15) is 27.9 Å². The van der Waals surface area contributed by atoms with Gasteiger partial charge in [0.2, 0.25) is 0 Å². The molecule has 4 rings (SSSR count). The zero-order valence-corrected chi connectivity index (χ0v) is 20.8. The van der Waals surface area contributed by atoms with Crippen molar-refractivity contribution >= 4 is 35.1 Å². The molecule has 0 bridgehead atoms. The van der Waals surface area contributed by atoms with Crippen LogP contribution in [0.15, 0.2) is 36.8 Å². The van der Waals surface area contributed by atoms with Crippen LogP contribution in [0.3, 0.4) is 0 Å². The van der Waals surface area contributed by atoms with Gasteiger partial charge in [-0.25, -0.2) is 19.7 Å². The Kier molecular flexibility index (Phi) is 7.39. The second kappa shape index (κ2) is 10.5. The SMILES string of the molecule is CC(C)(C)OC(=O)NC1CCC(NC(=O)c2cnc(NCc3nc4ccccn4c3Cl)cn2)CC1. The molecule has 0 unspecified atom stereocenters. The molecular formula is C24H30ClN7O3. The fraction of sp³-hybridized carbons (Fsp3) is 0.458. The predicted octanol–water partition coefficient (Wildman–Crippen LogP) is 3.96. The largest absolute Gasteiger partial charge is 0.444 e. The molecule has 1 saturated carbocycles. The number of alkyl carbamates (subject to hydrolysis) is 1. The van der Waals surface area contributed by atoms with E-state index in [1.54, 1.807) is 4.40 Å². The number of aromatic nitrogens is 4. The standard InChI is InChI=1S/C24H30ClN7O3/c1-24(2,3)35-23(34)30-16-9-7-15(8-10-16)29-22(33)18-13-28-19(14-26-18)27-12-17-21(25)32-11-5-4-6-20(32)31-17/h4-6,11,13-16H,7-10,12H2,1-3H3,(H,27,28)(H,29,33)(H,30,34). The highest BCUT2D eigenvalue weighted by atomic mass is 35.5. The molecule has 1 fully saturated rings. The first-order valence-corrected chi connectivity index (χ1v) is 12.0. The minimum Gasteiger partial charge on any atom is -0.444 e. The van der Waals surface area contributed by atoms with E-state index in [2.05, 4.69) is 30.9 Å². The first-order valence-electron chi connectivity index (χ1n) is 11.7. The van der Waals surface area contributed by atoms with Gasteiger partial charge in [0.25, 0.3) is 5.91 Å². The van der Waals surface area contributed by atoms with Crippen LogP contribution < -0.4 is 16.0 Å². The fourth-order valence-electron chi connectivity index (χ4n) is 3.95. The van der Waals surface area contributed by atoms with Crippen LogP contribution in [0.5, 0.6) is 0 Å². The van der Waals surface area contributed by atoms with Crippen molar-refractivity contribution in [2.24, 2.45) is 0 Å². The van der Waals surface area contributed by atoms with Crippen LogP contribution in [0.2, 0.25) is 5.15 Å². The molecule has 0 radical (unpaired) electrons. The fourth-order valence-corrected chi connectivity index (χ4v) is 4.21. The van der Waals surface area contributed by atoms with E-state index in [9.17, 15) is 9.59 Å². The summed E-state index contributed by atoms with van der Waals surface area (Å²) in [5.41, 5.74) is 1.18. The average molecular weight is 500 g/mol. The van der Waals surface area contributed by atoms with E-state index >= 15 is 0 Å². The van der Waals surface area contributed by atoms with Gasteiger partial charge in [0.05, 0.1) is 24.6 Å². The van der Waals surface area contributed by atoms with E-state index in [4.69, 9.17) is 16.3 Å². The number of fused-ring (bicyclic) bond motifs is 1. The molecule has 3 N–H and O–H groups in total. The lowest BCUT2D eigenvalue weighted by atomic mass is 9.91. The molecular weight excluding hydrogens is 470 g/mol. The zero-order chi connectivity index (χ0) is 25.0. The van der Waals surface area contributed by atoms with Crippen molar-refractivity contribution in [3.8, 4) is 0 Å². The number of rotatable bonds is 6. The van der Waals surface area contributed by atoms with Crippen molar-refractivity contribution in [1.82, 2.24) is 30.0 Å². The maximum Gasteiger partial charge on any atom is 0.407 e. The van der Waals surface area contributed by atoms with Gasteiger partial charge in [-0.1, -0.05) is 17.7 Å². The highest BCUT2D eigenvalue weighted by Gasteiger charge is 2.26. The number of pyridine rings is 1. The number of amides is 2. The Morgan fingerprint density at radius 2 is 1.80 bits per heavy atom. The summed E-state index contributed by atoms with van der Waals surface area (Å²) in [5.74, 6) is 0.249. The number of carbonyl (C=O) groups excluding carboxylic acids is 2. The minimum absolute atomic E-state index is 0.0241. The Balaban J connectivity index is 1.23. The molecule has 35 heavy (non-hydrogen) atoms. The van der Waals surface area contributed by atoms with Crippen molar-refractivity contribution in [3.05, 3.63) is 53.3 Å². The number of nitrogens with one attached hydrogen (secondary N) is 3. The van der Waals surface area contributed by atoms with Gasteiger partial charge in [0.15, 0.2) is 0 Å². The van der Waals surface area contributed by atoms with Crippen LogP contribution in [0, 0.1) is 0 Å². The van der Waals surface area contributed by atoms with E-state index < -0.39 is 11.7 Å². The molecule has 11 heteroatoms. The van der Waals surface area contributed by atoms with E-state index in [1.807, 2.05) is 45.2 Å². The number of imidazole rings is 1. The van der Waals surface area contributed by atoms with Gasteiger partial charge >= 0.3 is 6.09 Å². The molecule has 186 valence electrons. The summed E-state index contributed by atoms with van der Waals surface area (Å²) in [5, 5.41) is 9.59. The molecule has 1 aliphatic carbocycles. The van der Waals surface area contributed by atoms with Gasteiger partial charge in [-0.3, -0.25) is 9.20 Å². The smallest absolute Gasteiger partial charge is 0.407 e. The summed E-state index contributed by atoms with van der Waals surface area (Å²) in [6, 6.07) is 5.74. The maximum atomic E-state index is 12.6. The Labute approximate surface area is 208 Å². The summed E-state index contributed by atoms with van der Waals surface area (Å²) < 4.78 is 7.11. The first kappa shape index (κ1) is 24.7. The molecule has 0 aliphatic heterocycles. The van der Waals surface area contributed by atoms with Gasteiger partial charge < -0.3 is 20.7 Å². The Morgan fingerprint density at radius 3 is 2.43 bits per heavy atom. The van der Waals surface area contributed by atoms with Gasteiger partial charge in [0, 0.05) is 18.3 Å². The summed E-state index contributed by atoms with van der Waals surface area (Å²) >= 11 is 6.39. The number of ether oxygens (including phenoxy) is 1. The molecule has 3 aromatic rings. The van der Waals surface area contributed by atoms with E-state index in [0.29, 0.717) is 23.2 Å². The molecule has 0 saturated heterocycles. The van der Waals surface area contributed by atoms with Gasteiger partial charge in [-0.15, -0.1) is 0 Å². The summed E-state index contributed by atoms with van der Waals surface area (Å²) in [6.07, 6.45) is 7.47. The van der Waals surface area contributed by atoms with E-state index in [-0.39, 0.29) is 23.7 Å². The second-order valence-electron chi connectivity index (χ2n) is 9.59. The van der Waals surface area contributed by atoms with Gasteiger partial charge in [-0.2, -0.15) is 0 Å². The number of hydrogen-bond acceptors (Lipinski definition) is 7. The van der Waals surface area contributed by atoms with Crippen LogP contribution >= 0.6 is 11.6 Å². The maximum absolute atomic E-state index is 12.6. The van der Waals surface area contributed by atoms with E-state index in [0.717, 1.165) is 31.3 Å². The molecule has 0 spiro atoms. The van der Waals surface area contributed by atoms with Crippen molar-refractivity contribution in [1.29, 1.82) is 0 Å². The van der Waals surface area contributed by atoms with Crippen molar-refractivity contribution < 1.29 is 14.3 Å². The Morgan fingerprint density at radius 1 is 1.09 bits per heavy atom. The third-order valence-electron chi connectivity index (χ3n) is 5.64. The molecule has 3 heterocycles. The summed E-state index contributed by atoms with van der Waals surface area (Å²) in [7, 11) is 0. The normalized spacial score (nSPS) is 18.2. The van der Waals surface area contributed by atoms with Crippen molar-refractivity contribution in [3.63, 3.8) is 0 Å². The lowest BCUT2D eigenvalue weighted by Crippen LogP contribution is -2.45.